The molecule has 0 aliphatic rings. The lowest BCUT2D eigenvalue weighted by atomic mass is 10.1. The number of halogens is 3. The van der Waals surface area contributed by atoms with E-state index in [0.29, 0.717) is 17.9 Å². The molecule has 0 bridgehead atoms. The number of hydrazine groups is 1. The molecule has 0 saturated carbocycles. The summed E-state index contributed by atoms with van der Waals surface area (Å²) in [5.41, 5.74) is 3.87. The van der Waals surface area contributed by atoms with Crippen LogP contribution in [-0.2, 0) is 12.8 Å². The standard InChI is InChI=1S/C10H15F3N4/c1-3-7-6(2)15-8(16-9(7)17-14)4-5-10(11,12)13/h3-5,14H2,1-2H3,(H,15,16,17). The van der Waals surface area contributed by atoms with Crippen molar-refractivity contribution in [3.63, 3.8) is 0 Å². The zero-order valence-corrected chi connectivity index (χ0v) is 9.73. The lowest BCUT2D eigenvalue weighted by molar-refractivity contribution is -0.134. The second-order valence-electron chi connectivity index (χ2n) is 3.67. The van der Waals surface area contributed by atoms with Gasteiger partial charge in [-0.15, -0.1) is 0 Å². The molecule has 0 fully saturated rings. The van der Waals surface area contributed by atoms with Crippen LogP contribution < -0.4 is 11.3 Å². The van der Waals surface area contributed by atoms with Crippen LogP contribution in [0.25, 0.3) is 0 Å². The van der Waals surface area contributed by atoms with Crippen LogP contribution in [0.2, 0.25) is 0 Å². The van der Waals surface area contributed by atoms with Gasteiger partial charge in [-0.05, 0) is 13.3 Å². The van der Waals surface area contributed by atoms with E-state index in [4.69, 9.17) is 5.84 Å². The fraction of sp³-hybridized carbons (Fsp3) is 0.600. The molecule has 1 aromatic rings. The average molecular weight is 248 g/mol. The van der Waals surface area contributed by atoms with Gasteiger partial charge >= 0.3 is 6.18 Å². The quantitative estimate of drug-likeness (QED) is 0.633. The first kappa shape index (κ1) is 13.7. The Hall–Kier alpha value is -1.37. The highest BCUT2D eigenvalue weighted by molar-refractivity contribution is 5.45. The molecule has 0 aliphatic carbocycles. The molecule has 1 aromatic heterocycles. The summed E-state index contributed by atoms with van der Waals surface area (Å²) in [4.78, 5) is 8.03. The highest BCUT2D eigenvalue weighted by Gasteiger charge is 2.27. The van der Waals surface area contributed by atoms with Gasteiger partial charge in [0.15, 0.2) is 0 Å². The lowest BCUT2D eigenvalue weighted by Gasteiger charge is -2.11. The molecular formula is C10H15F3N4. The Morgan fingerprint density at radius 3 is 2.41 bits per heavy atom. The third-order valence-corrected chi connectivity index (χ3v) is 2.38. The second kappa shape index (κ2) is 5.31. The van der Waals surface area contributed by atoms with E-state index in [0.717, 1.165) is 5.56 Å². The van der Waals surface area contributed by atoms with Crippen LogP contribution in [0.4, 0.5) is 19.0 Å². The maximum Gasteiger partial charge on any atom is 0.389 e. The van der Waals surface area contributed by atoms with Crippen molar-refractivity contribution in [2.75, 3.05) is 5.43 Å². The van der Waals surface area contributed by atoms with Gasteiger partial charge in [0.25, 0.3) is 0 Å². The number of nitrogen functional groups attached to an aromatic ring is 1. The molecule has 0 radical (unpaired) electrons. The molecule has 1 heterocycles. The summed E-state index contributed by atoms with van der Waals surface area (Å²) in [7, 11) is 0. The summed E-state index contributed by atoms with van der Waals surface area (Å²) >= 11 is 0. The fourth-order valence-corrected chi connectivity index (χ4v) is 1.56. The predicted molar refractivity (Wildman–Crippen MR) is 58.3 cm³/mol. The summed E-state index contributed by atoms with van der Waals surface area (Å²) in [6, 6.07) is 0. The maximum atomic E-state index is 12.1. The third kappa shape index (κ3) is 3.85. The van der Waals surface area contributed by atoms with E-state index in [9.17, 15) is 13.2 Å². The predicted octanol–water partition coefficient (Wildman–Crippen LogP) is 2.13. The number of anilines is 1. The smallest absolute Gasteiger partial charge is 0.308 e. The van der Waals surface area contributed by atoms with Crippen molar-refractivity contribution in [2.24, 2.45) is 5.84 Å². The van der Waals surface area contributed by atoms with Crippen LogP contribution in [0.3, 0.4) is 0 Å². The van der Waals surface area contributed by atoms with Crippen LogP contribution in [-0.4, -0.2) is 16.1 Å². The first-order chi connectivity index (χ1) is 7.87. The van der Waals surface area contributed by atoms with Crippen molar-refractivity contribution in [2.45, 2.75) is 39.3 Å². The Morgan fingerprint density at radius 2 is 1.94 bits per heavy atom. The molecule has 7 heteroatoms. The number of aromatic nitrogens is 2. The number of nitrogens with two attached hydrogens (primary N) is 1. The number of nitrogens with one attached hydrogen (secondary N) is 1. The molecule has 96 valence electrons. The van der Waals surface area contributed by atoms with Gasteiger partial charge in [0, 0.05) is 17.7 Å². The Kier molecular flexibility index (Phi) is 4.28. The van der Waals surface area contributed by atoms with Crippen molar-refractivity contribution < 1.29 is 13.2 Å². The van der Waals surface area contributed by atoms with Crippen LogP contribution in [0.15, 0.2) is 0 Å². The van der Waals surface area contributed by atoms with Gasteiger partial charge in [-0.1, -0.05) is 6.92 Å². The molecule has 0 atom stereocenters. The topological polar surface area (TPSA) is 63.8 Å². The lowest BCUT2D eigenvalue weighted by Crippen LogP contribution is -2.16. The fourth-order valence-electron chi connectivity index (χ4n) is 1.56. The molecule has 0 amide bonds. The molecule has 0 saturated heterocycles. The molecule has 1 rings (SSSR count). The van der Waals surface area contributed by atoms with Gasteiger partial charge in [-0.3, -0.25) is 0 Å². The Balaban J connectivity index is 2.92. The van der Waals surface area contributed by atoms with Gasteiger partial charge in [-0.2, -0.15) is 13.2 Å². The molecule has 0 spiro atoms. The van der Waals surface area contributed by atoms with E-state index in [2.05, 4.69) is 15.4 Å². The second-order valence-corrected chi connectivity index (χ2v) is 3.67. The number of hydrogen-bond donors (Lipinski definition) is 2. The van der Waals surface area contributed by atoms with Crippen molar-refractivity contribution in [3.05, 3.63) is 17.1 Å². The molecule has 4 nitrogen and oxygen atoms in total. The van der Waals surface area contributed by atoms with Crippen molar-refractivity contribution in [1.29, 1.82) is 0 Å². The maximum absolute atomic E-state index is 12.1. The van der Waals surface area contributed by atoms with E-state index < -0.39 is 12.6 Å². The van der Waals surface area contributed by atoms with Gasteiger partial charge < -0.3 is 5.43 Å². The minimum Gasteiger partial charge on any atom is -0.308 e. The van der Waals surface area contributed by atoms with Crippen LogP contribution in [0.5, 0.6) is 0 Å². The number of aryl methyl sites for hydroxylation is 2. The van der Waals surface area contributed by atoms with Crippen molar-refractivity contribution >= 4 is 5.82 Å². The first-order valence-electron chi connectivity index (χ1n) is 5.27. The largest absolute Gasteiger partial charge is 0.389 e. The molecule has 3 N–H and O–H groups in total. The molecule has 0 aliphatic heterocycles. The van der Waals surface area contributed by atoms with E-state index in [1.807, 2.05) is 6.92 Å². The van der Waals surface area contributed by atoms with Crippen molar-refractivity contribution in [1.82, 2.24) is 9.97 Å². The van der Waals surface area contributed by atoms with Gasteiger partial charge in [0.1, 0.15) is 11.6 Å². The number of nitrogens with zero attached hydrogens (tertiary/aromatic N) is 2. The normalized spacial score (nSPS) is 11.6. The van der Waals surface area contributed by atoms with E-state index in [1.165, 1.54) is 0 Å². The van der Waals surface area contributed by atoms with Gasteiger partial charge in [-0.25, -0.2) is 15.8 Å². The minimum atomic E-state index is -4.20. The summed E-state index contributed by atoms with van der Waals surface area (Å²) in [5.74, 6) is 5.84. The monoisotopic (exact) mass is 248 g/mol. The number of hydrogen-bond acceptors (Lipinski definition) is 4. The van der Waals surface area contributed by atoms with Crippen molar-refractivity contribution in [3.8, 4) is 0 Å². The Morgan fingerprint density at radius 1 is 1.29 bits per heavy atom. The summed E-state index contributed by atoms with van der Waals surface area (Å²) < 4.78 is 36.2. The van der Waals surface area contributed by atoms with Gasteiger partial charge in [0.05, 0.1) is 6.42 Å². The summed E-state index contributed by atoms with van der Waals surface area (Å²) in [6.07, 6.45) is -4.69. The Labute approximate surface area is 97.4 Å². The number of rotatable bonds is 4. The third-order valence-electron chi connectivity index (χ3n) is 2.38. The zero-order chi connectivity index (χ0) is 13.1. The van der Waals surface area contributed by atoms with Gasteiger partial charge in [0.2, 0.25) is 0 Å². The van der Waals surface area contributed by atoms with E-state index in [-0.39, 0.29) is 12.2 Å². The summed E-state index contributed by atoms with van der Waals surface area (Å²) in [5, 5.41) is 0. The molecule has 17 heavy (non-hydrogen) atoms. The first-order valence-corrected chi connectivity index (χ1v) is 5.27. The van der Waals surface area contributed by atoms with Crippen LogP contribution in [0.1, 0.15) is 30.4 Å². The van der Waals surface area contributed by atoms with E-state index >= 15 is 0 Å². The number of alkyl halides is 3. The Bertz CT molecular complexity index is 390. The SMILES string of the molecule is CCc1c(C)nc(CCC(F)(F)F)nc1NN. The molecule has 0 unspecified atom stereocenters. The van der Waals surface area contributed by atoms with E-state index in [1.54, 1.807) is 6.92 Å². The molecular weight excluding hydrogens is 233 g/mol. The van der Waals surface area contributed by atoms with Crippen LogP contribution in [0, 0.1) is 6.92 Å². The van der Waals surface area contributed by atoms with Crippen LogP contribution >= 0.6 is 0 Å². The minimum absolute atomic E-state index is 0.157. The highest BCUT2D eigenvalue weighted by atomic mass is 19.4. The summed E-state index contributed by atoms with van der Waals surface area (Å²) in [6.45, 7) is 3.64. The highest BCUT2D eigenvalue weighted by Crippen LogP contribution is 2.22. The zero-order valence-electron chi connectivity index (χ0n) is 9.73. The average Bonchev–Trinajstić information content (AvgIpc) is 2.24. The molecule has 0 aromatic carbocycles.